The van der Waals surface area contributed by atoms with Crippen molar-refractivity contribution in [2.45, 2.75) is 50.7 Å². The van der Waals surface area contributed by atoms with Crippen LogP contribution in [0.5, 0.6) is 5.75 Å². The van der Waals surface area contributed by atoms with Crippen LogP contribution in [0.1, 0.15) is 48.9 Å². The number of hydrogen-bond donors (Lipinski definition) is 1. The van der Waals surface area contributed by atoms with E-state index >= 15 is 0 Å². The Labute approximate surface area is 199 Å². The number of allylic oxidation sites excluding steroid dienone is 4. The van der Waals surface area contributed by atoms with Crippen molar-refractivity contribution in [3.8, 4) is 17.3 Å². The first-order valence-electron chi connectivity index (χ1n) is 12.3. The Hall–Kier alpha value is -3.38. The number of aromatic hydroxyl groups is 1. The number of aromatic nitrogens is 3. The maximum absolute atomic E-state index is 12.5. The lowest BCUT2D eigenvalue weighted by Crippen LogP contribution is -2.32. The van der Waals surface area contributed by atoms with Crippen molar-refractivity contribution in [1.29, 1.82) is 0 Å². The second kappa shape index (κ2) is 8.76. The summed E-state index contributed by atoms with van der Waals surface area (Å²) in [6, 6.07) is 12.1. The molecule has 6 rings (SSSR count). The van der Waals surface area contributed by atoms with E-state index in [1.807, 2.05) is 12.4 Å². The molecule has 1 aromatic carbocycles. The lowest BCUT2D eigenvalue weighted by atomic mass is 9.80. The fourth-order valence-electron chi connectivity index (χ4n) is 5.90. The predicted octanol–water partition coefficient (Wildman–Crippen LogP) is 4.63. The van der Waals surface area contributed by atoms with Crippen LogP contribution < -0.4 is 5.43 Å². The zero-order valence-corrected chi connectivity index (χ0v) is 19.3. The maximum atomic E-state index is 12.5. The molecule has 2 atom stereocenters. The Morgan fingerprint density at radius 3 is 2.71 bits per heavy atom. The fraction of sp³-hybridized carbons (Fsp3) is 0.357. The van der Waals surface area contributed by atoms with Crippen LogP contribution in [0.4, 0.5) is 0 Å². The quantitative estimate of drug-likeness (QED) is 0.611. The molecule has 2 aromatic heterocycles. The number of likely N-dealkylation sites (tertiary alicyclic amines) is 1. The van der Waals surface area contributed by atoms with Crippen molar-refractivity contribution in [2.24, 2.45) is 0 Å². The Balaban J connectivity index is 1.51. The summed E-state index contributed by atoms with van der Waals surface area (Å²) in [7, 11) is 0. The smallest absolute Gasteiger partial charge is 0.223 e. The molecule has 1 unspecified atom stereocenters. The Morgan fingerprint density at radius 1 is 1.12 bits per heavy atom. The van der Waals surface area contributed by atoms with Gasteiger partial charge in [-0.1, -0.05) is 54.1 Å². The number of hydrogen-bond acceptors (Lipinski definition) is 4. The topological polar surface area (TPSA) is 63.3 Å². The van der Waals surface area contributed by atoms with Gasteiger partial charge in [0, 0.05) is 31.3 Å². The number of nitrogens with zero attached hydrogens (tertiary/aromatic N) is 4. The molecule has 1 aliphatic carbocycles. The van der Waals surface area contributed by atoms with Crippen LogP contribution in [0.3, 0.4) is 0 Å². The third-order valence-corrected chi connectivity index (χ3v) is 7.55. The summed E-state index contributed by atoms with van der Waals surface area (Å²) < 4.78 is 4.34. The van der Waals surface area contributed by atoms with E-state index in [9.17, 15) is 9.90 Å². The zero-order valence-electron chi connectivity index (χ0n) is 19.3. The van der Waals surface area contributed by atoms with E-state index in [-0.39, 0.29) is 23.1 Å². The van der Waals surface area contributed by atoms with Crippen molar-refractivity contribution in [1.82, 2.24) is 19.0 Å². The highest BCUT2D eigenvalue weighted by atomic mass is 16.3. The van der Waals surface area contributed by atoms with Gasteiger partial charge in [-0.05, 0) is 44.3 Å². The molecule has 3 aliphatic rings. The Kier molecular flexibility index (Phi) is 5.46. The molecule has 1 fully saturated rings. The lowest BCUT2D eigenvalue weighted by Gasteiger charge is -2.38. The number of imidazole rings is 1. The average Bonchev–Trinajstić information content (AvgIpc) is 3.53. The molecule has 4 heterocycles. The molecule has 6 nitrogen and oxygen atoms in total. The highest BCUT2D eigenvalue weighted by Crippen LogP contribution is 2.45. The first-order chi connectivity index (χ1) is 16.7. The van der Waals surface area contributed by atoms with E-state index < -0.39 is 0 Å². The van der Waals surface area contributed by atoms with Gasteiger partial charge in [0.2, 0.25) is 5.43 Å². The molecule has 0 radical (unpaired) electrons. The van der Waals surface area contributed by atoms with E-state index in [4.69, 9.17) is 4.98 Å². The second-order valence-corrected chi connectivity index (χ2v) is 9.62. The molecule has 174 valence electrons. The molecule has 3 aromatic rings. The van der Waals surface area contributed by atoms with Crippen LogP contribution in [0, 0.1) is 0 Å². The minimum absolute atomic E-state index is 0.0145. The van der Waals surface area contributed by atoms with E-state index in [2.05, 4.69) is 62.6 Å². The van der Waals surface area contributed by atoms with Gasteiger partial charge in [-0.2, -0.15) is 0 Å². The molecule has 2 aliphatic heterocycles. The van der Waals surface area contributed by atoms with Gasteiger partial charge in [-0.3, -0.25) is 9.69 Å². The third kappa shape index (κ3) is 3.62. The molecule has 0 amide bonds. The zero-order chi connectivity index (χ0) is 23.1. The van der Waals surface area contributed by atoms with Crippen LogP contribution in [0.25, 0.3) is 11.5 Å². The molecule has 34 heavy (non-hydrogen) atoms. The number of pyridine rings is 1. The predicted molar refractivity (Wildman–Crippen MR) is 133 cm³/mol. The van der Waals surface area contributed by atoms with Gasteiger partial charge in [-0.25, -0.2) is 4.98 Å². The molecule has 0 bridgehead atoms. The standard InChI is InChI=1S/C28H30N4O2/c33-24-13-16-31-23(25(20-9-3-1-4-10-20)21-11-5-2-6-12-21)19-32-22(18-30-14-7-8-15-30)17-29-28(32)26(31)27(24)34/h1-5,9-11,13,16-17,23,25,34H,6-8,12,14-15,18-19H2/t23-,25?/m1/s1. The molecule has 1 N–H and O–H groups in total. The summed E-state index contributed by atoms with van der Waals surface area (Å²) in [4.78, 5) is 19.7. The SMILES string of the molecule is O=c1ccn2c(c1O)-c1ncc(CN3CCCC3)n1C[C@@H]2C(C1=CC=CCC1)c1ccccc1. The molecular formula is C28H30N4O2. The van der Waals surface area contributed by atoms with Crippen LogP contribution in [0.15, 0.2) is 77.4 Å². The summed E-state index contributed by atoms with van der Waals surface area (Å²) in [5, 5.41) is 10.9. The van der Waals surface area contributed by atoms with Crippen LogP contribution in [0.2, 0.25) is 0 Å². The highest BCUT2D eigenvalue weighted by Gasteiger charge is 2.36. The van der Waals surface area contributed by atoms with E-state index in [1.54, 1.807) is 0 Å². The molecule has 0 saturated carbocycles. The van der Waals surface area contributed by atoms with Crippen LogP contribution in [-0.2, 0) is 13.1 Å². The monoisotopic (exact) mass is 454 g/mol. The number of rotatable bonds is 5. The van der Waals surface area contributed by atoms with Gasteiger partial charge < -0.3 is 14.2 Å². The van der Waals surface area contributed by atoms with E-state index in [0.717, 1.165) is 44.7 Å². The lowest BCUT2D eigenvalue weighted by molar-refractivity contribution is 0.306. The molecule has 6 heteroatoms. The van der Waals surface area contributed by atoms with Gasteiger partial charge in [0.05, 0.1) is 17.9 Å². The van der Waals surface area contributed by atoms with Crippen molar-refractivity contribution in [3.05, 3.63) is 94.1 Å². The van der Waals surface area contributed by atoms with Gasteiger partial charge >= 0.3 is 0 Å². The van der Waals surface area contributed by atoms with Crippen molar-refractivity contribution in [3.63, 3.8) is 0 Å². The summed E-state index contributed by atoms with van der Waals surface area (Å²) >= 11 is 0. The van der Waals surface area contributed by atoms with Gasteiger partial charge in [0.1, 0.15) is 5.69 Å². The summed E-state index contributed by atoms with van der Waals surface area (Å²) in [5.41, 5.74) is 3.95. The maximum Gasteiger partial charge on any atom is 0.223 e. The van der Waals surface area contributed by atoms with Gasteiger partial charge in [0.15, 0.2) is 11.6 Å². The van der Waals surface area contributed by atoms with E-state index in [1.165, 1.54) is 30.0 Å². The number of fused-ring (bicyclic) bond motifs is 3. The minimum atomic E-state index is -0.362. The largest absolute Gasteiger partial charge is 0.503 e. The van der Waals surface area contributed by atoms with Gasteiger partial charge in [0.25, 0.3) is 0 Å². The third-order valence-electron chi connectivity index (χ3n) is 7.55. The fourth-order valence-corrected chi connectivity index (χ4v) is 5.90. The second-order valence-electron chi connectivity index (χ2n) is 9.62. The Morgan fingerprint density at radius 2 is 1.94 bits per heavy atom. The Bertz CT molecular complexity index is 1310. The molecule has 1 saturated heterocycles. The minimum Gasteiger partial charge on any atom is -0.503 e. The van der Waals surface area contributed by atoms with Crippen LogP contribution >= 0.6 is 0 Å². The van der Waals surface area contributed by atoms with Crippen molar-refractivity contribution in [2.75, 3.05) is 13.1 Å². The van der Waals surface area contributed by atoms with E-state index in [0.29, 0.717) is 11.5 Å². The highest BCUT2D eigenvalue weighted by molar-refractivity contribution is 5.62. The first-order valence-corrected chi connectivity index (χ1v) is 12.3. The first kappa shape index (κ1) is 21.2. The summed E-state index contributed by atoms with van der Waals surface area (Å²) in [6.45, 7) is 3.81. The molecular weight excluding hydrogens is 424 g/mol. The summed E-state index contributed by atoms with van der Waals surface area (Å²) in [6.07, 6.45) is 14.9. The normalized spacial score (nSPS) is 20.6. The molecule has 0 spiro atoms. The van der Waals surface area contributed by atoms with Crippen molar-refractivity contribution >= 4 is 0 Å². The summed E-state index contributed by atoms with van der Waals surface area (Å²) in [5.74, 6) is 0.600. The average molecular weight is 455 g/mol. The number of benzene rings is 1. The van der Waals surface area contributed by atoms with Crippen LogP contribution in [-0.4, -0.2) is 37.2 Å². The van der Waals surface area contributed by atoms with Gasteiger partial charge in [-0.15, -0.1) is 0 Å². The van der Waals surface area contributed by atoms with Crippen molar-refractivity contribution < 1.29 is 5.11 Å².